The summed E-state index contributed by atoms with van der Waals surface area (Å²) in [5.74, 6) is 0.411. The first kappa shape index (κ1) is 17.8. The van der Waals surface area contributed by atoms with Crippen molar-refractivity contribution < 1.29 is 13.6 Å². The molecule has 2 aromatic rings. The van der Waals surface area contributed by atoms with E-state index in [1.807, 2.05) is 20.1 Å². The maximum atomic E-state index is 13.7. The fourth-order valence-corrected chi connectivity index (χ4v) is 3.09. The highest BCUT2D eigenvalue weighted by atomic mass is 32.2. The zero-order valence-corrected chi connectivity index (χ0v) is 14.7. The molecule has 1 atom stereocenters. The van der Waals surface area contributed by atoms with Crippen LogP contribution in [0.1, 0.15) is 19.7 Å². The molecule has 0 aliphatic rings. The minimum atomic E-state index is -0.464. The number of amides is 1. The molecule has 1 unspecified atom stereocenters. The van der Waals surface area contributed by atoms with Crippen molar-refractivity contribution in [3.63, 3.8) is 0 Å². The summed E-state index contributed by atoms with van der Waals surface area (Å²) >= 11 is 2.77. The lowest BCUT2D eigenvalue weighted by molar-refractivity contribution is -0.116. The van der Waals surface area contributed by atoms with Crippen LogP contribution in [0.3, 0.4) is 0 Å². The highest BCUT2D eigenvalue weighted by Gasteiger charge is 2.26. The second kappa shape index (κ2) is 8.35. The van der Waals surface area contributed by atoms with Crippen molar-refractivity contribution in [1.29, 1.82) is 0 Å². The minimum Gasteiger partial charge on any atom is -0.415 e. The fraction of sp³-hybridized carbons (Fsp3) is 0.400. The van der Waals surface area contributed by atoms with Gasteiger partial charge in [0.1, 0.15) is 5.82 Å². The summed E-state index contributed by atoms with van der Waals surface area (Å²) in [6, 6.07) is 6.08. The summed E-state index contributed by atoms with van der Waals surface area (Å²) in [6.07, 6.45) is 1.94. The number of carbonyl (C=O) groups excluding carboxylic acids is 1. The van der Waals surface area contributed by atoms with E-state index in [0.717, 1.165) is 0 Å². The van der Waals surface area contributed by atoms with E-state index in [-0.39, 0.29) is 17.5 Å². The smallest absolute Gasteiger partial charge is 0.277 e. The van der Waals surface area contributed by atoms with E-state index in [1.54, 1.807) is 23.9 Å². The number of anilines is 1. The zero-order valence-electron chi connectivity index (χ0n) is 13.1. The van der Waals surface area contributed by atoms with E-state index in [0.29, 0.717) is 16.9 Å². The Morgan fingerprint density at radius 2 is 2.09 bits per heavy atom. The average Bonchev–Trinajstić information content (AvgIpc) is 2.94. The summed E-state index contributed by atoms with van der Waals surface area (Å²) in [5.41, 5.74) is 0.164. The Bertz CT molecular complexity index is 664. The quantitative estimate of drug-likeness (QED) is 0.762. The number of nitrogens with zero attached hydrogens (tertiary/aromatic N) is 2. The molecule has 0 radical (unpaired) electrons. The lowest BCUT2D eigenvalue weighted by atomic mass is 10.1. The first-order chi connectivity index (χ1) is 11.0. The first-order valence-electron chi connectivity index (χ1n) is 7.04. The van der Waals surface area contributed by atoms with Crippen LogP contribution in [0.25, 0.3) is 0 Å². The molecule has 124 valence electrons. The summed E-state index contributed by atoms with van der Waals surface area (Å²) in [5, 5.41) is 10.4. The Morgan fingerprint density at radius 3 is 2.74 bits per heavy atom. The summed E-state index contributed by atoms with van der Waals surface area (Å²) in [4.78, 5) is 12.5. The van der Waals surface area contributed by atoms with Crippen LogP contribution < -0.4 is 5.32 Å². The van der Waals surface area contributed by atoms with E-state index in [2.05, 4.69) is 15.5 Å². The van der Waals surface area contributed by atoms with Crippen molar-refractivity contribution in [2.45, 2.75) is 30.1 Å². The standard InChI is InChI=1S/C15H18FN3O2S2/c1-9(2)13(23-15-19-18-12(21-15)8-22-3)14(20)17-11-7-5-4-6-10(11)16/h4-7,9,13H,8H2,1-3H3,(H,17,20). The molecule has 0 saturated carbocycles. The van der Waals surface area contributed by atoms with Crippen molar-refractivity contribution in [3.8, 4) is 0 Å². The van der Waals surface area contributed by atoms with E-state index in [4.69, 9.17) is 4.42 Å². The van der Waals surface area contributed by atoms with Gasteiger partial charge in [-0.1, -0.05) is 37.7 Å². The molecule has 23 heavy (non-hydrogen) atoms. The van der Waals surface area contributed by atoms with Crippen molar-refractivity contribution in [2.75, 3.05) is 11.6 Å². The molecule has 1 aromatic carbocycles. The Balaban J connectivity index is 2.08. The molecular formula is C15H18FN3O2S2. The van der Waals surface area contributed by atoms with E-state index in [9.17, 15) is 9.18 Å². The van der Waals surface area contributed by atoms with Gasteiger partial charge in [0, 0.05) is 0 Å². The predicted molar refractivity (Wildman–Crippen MR) is 91.0 cm³/mol. The number of thioether (sulfide) groups is 2. The van der Waals surface area contributed by atoms with Crippen molar-refractivity contribution in [3.05, 3.63) is 36.0 Å². The van der Waals surface area contributed by atoms with Gasteiger partial charge < -0.3 is 9.73 Å². The summed E-state index contributed by atoms with van der Waals surface area (Å²) in [6.45, 7) is 3.83. The van der Waals surface area contributed by atoms with Gasteiger partial charge in [0.25, 0.3) is 5.22 Å². The van der Waals surface area contributed by atoms with Crippen LogP contribution >= 0.6 is 23.5 Å². The number of nitrogens with one attached hydrogen (secondary N) is 1. The Morgan fingerprint density at radius 1 is 1.35 bits per heavy atom. The molecule has 0 aliphatic carbocycles. The lowest BCUT2D eigenvalue weighted by Gasteiger charge is -2.18. The molecule has 1 aromatic heterocycles. The molecule has 5 nitrogen and oxygen atoms in total. The van der Waals surface area contributed by atoms with Gasteiger partial charge in [-0.3, -0.25) is 4.79 Å². The maximum Gasteiger partial charge on any atom is 0.277 e. The van der Waals surface area contributed by atoms with Gasteiger partial charge in [0.05, 0.1) is 16.7 Å². The van der Waals surface area contributed by atoms with Crippen LogP contribution in [0, 0.1) is 11.7 Å². The zero-order chi connectivity index (χ0) is 16.8. The Kier molecular flexibility index (Phi) is 6.47. The van der Waals surface area contributed by atoms with Gasteiger partial charge in [0.2, 0.25) is 11.8 Å². The topological polar surface area (TPSA) is 68.0 Å². The number of carbonyl (C=O) groups is 1. The van der Waals surface area contributed by atoms with E-state index < -0.39 is 11.1 Å². The van der Waals surface area contributed by atoms with E-state index >= 15 is 0 Å². The number of aromatic nitrogens is 2. The molecule has 0 saturated heterocycles. The van der Waals surface area contributed by atoms with Gasteiger partial charge in [-0.2, -0.15) is 11.8 Å². The monoisotopic (exact) mass is 355 g/mol. The lowest BCUT2D eigenvalue weighted by Crippen LogP contribution is -2.29. The molecule has 2 rings (SSSR count). The molecule has 0 spiro atoms. The molecule has 0 aliphatic heterocycles. The third-order valence-electron chi connectivity index (χ3n) is 2.94. The van der Waals surface area contributed by atoms with Gasteiger partial charge in [0.15, 0.2) is 0 Å². The van der Waals surface area contributed by atoms with Crippen LogP contribution in [0.5, 0.6) is 0 Å². The Labute approximate surface area is 142 Å². The number of rotatable bonds is 7. The number of halogens is 1. The largest absolute Gasteiger partial charge is 0.415 e. The van der Waals surface area contributed by atoms with Gasteiger partial charge in [-0.25, -0.2) is 4.39 Å². The summed E-state index contributed by atoms with van der Waals surface area (Å²) in [7, 11) is 0. The molecule has 0 fully saturated rings. The number of para-hydroxylation sites is 1. The molecule has 0 bridgehead atoms. The van der Waals surface area contributed by atoms with Gasteiger partial charge >= 0.3 is 0 Å². The number of hydrogen-bond donors (Lipinski definition) is 1. The van der Waals surface area contributed by atoms with Crippen LogP contribution in [0.2, 0.25) is 0 Å². The predicted octanol–water partition coefficient (Wildman–Crippen LogP) is 3.83. The SMILES string of the molecule is CSCc1nnc(SC(C(=O)Nc2ccccc2F)C(C)C)o1. The normalized spacial score (nSPS) is 12.4. The molecule has 1 amide bonds. The van der Waals surface area contributed by atoms with Gasteiger partial charge in [-0.15, -0.1) is 10.2 Å². The fourth-order valence-electron chi connectivity index (χ4n) is 1.84. The molecule has 1 N–H and O–H groups in total. The average molecular weight is 355 g/mol. The Hall–Kier alpha value is -1.54. The van der Waals surface area contributed by atoms with Crippen molar-refractivity contribution in [1.82, 2.24) is 10.2 Å². The molecule has 1 heterocycles. The second-order valence-electron chi connectivity index (χ2n) is 5.15. The van der Waals surface area contributed by atoms with Crippen molar-refractivity contribution >= 4 is 35.1 Å². The van der Waals surface area contributed by atoms with E-state index in [1.165, 1.54) is 23.9 Å². The number of benzene rings is 1. The maximum absolute atomic E-state index is 13.7. The van der Waals surface area contributed by atoms with Crippen LogP contribution in [0.4, 0.5) is 10.1 Å². The third-order valence-corrected chi connectivity index (χ3v) is 4.85. The second-order valence-corrected chi connectivity index (χ2v) is 7.11. The van der Waals surface area contributed by atoms with Crippen LogP contribution in [-0.2, 0) is 10.5 Å². The van der Waals surface area contributed by atoms with Crippen LogP contribution in [-0.4, -0.2) is 27.6 Å². The highest BCUT2D eigenvalue weighted by Crippen LogP contribution is 2.29. The summed E-state index contributed by atoms with van der Waals surface area (Å²) < 4.78 is 19.2. The van der Waals surface area contributed by atoms with Crippen LogP contribution in [0.15, 0.2) is 33.9 Å². The van der Waals surface area contributed by atoms with Crippen molar-refractivity contribution in [2.24, 2.45) is 5.92 Å². The molecule has 8 heteroatoms. The third kappa shape index (κ3) is 4.97. The highest BCUT2D eigenvalue weighted by molar-refractivity contribution is 8.00. The minimum absolute atomic E-state index is 0.0164. The number of hydrogen-bond acceptors (Lipinski definition) is 6. The van der Waals surface area contributed by atoms with Gasteiger partial charge in [-0.05, 0) is 24.3 Å². The molecular weight excluding hydrogens is 337 g/mol. The first-order valence-corrected chi connectivity index (χ1v) is 9.32.